The lowest BCUT2D eigenvalue weighted by molar-refractivity contribution is 0.0897. The fraction of sp³-hybridized carbons (Fsp3) is 0.375. The zero-order valence-corrected chi connectivity index (χ0v) is 13.0. The van der Waals surface area contributed by atoms with Crippen molar-refractivity contribution in [2.45, 2.75) is 19.9 Å². The quantitative estimate of drug-likeness (QED) is 0.850. The molecule has 0 radical (unpaired) electrons. The third-order valence-corrected chi connectivity index (χ3v) is 3.51. The standard InChI is InChI=1S/C16H21N3O3/c1-11(2)13(10-20)18-16(21)12-5-6-15(22-3)14(9-12)19-8-4-7-17-19/h4-9,11,13,20H,10H2,1-3H3,(H,18,21). The van der Waals surface area contributed by atoms with Gasteiger partial charge >= 0.3 is 0 Å². The fourth-order valence-electron chi connectivity index (χ4n) is 2.10. The SMILES string of the molecule is COc1ccc(C(=O)NC(CO)C(C)C)cc1-n1cccn1. The van der Waals surface area contributed by atoms with Gasteiger partial charge in [0.2, 0.25) is 0 Å². The van der Waals surface area contributed by atoms with Gasteiger partial charge in [-0.3, -0.25) is 4.79 Å². The van der Waals surface area contributed by atoms with Gasteiger partial charge in [0, 0.05) is 18.0 Å². The largest absolute Gasteiger partial charge is 0.494 e. The van der Waals surface area contributed by atoms with Crippen LogP contribution in [-0.2, 0) is 0 Å². The maximum absolute atomic E-state index is 12.3. The average molecular weight is 303 g/mol. The molecule has 1 unspecified atom stereocenters. The summed E-state index contributed by atoms with van der Waals surface area (Å²) in [6, 6.07) is 6.66. The van der Waals surface area contributed by atoms with Crippen LogP contribution in [-0.4, -0.2) is 40.6 Å². The van der Waals surface area contributed by atoms with Crippen LogP contribution in [0.15, 0.2) is 36.7 Å². The summed E-state index contributed by atoms with van der Waals surface area (Å²) >= 11 is 0. The molecular weight excluding hydrogens is 282 g/mol. The van der Waals surface area contributed by atoms with Crippen LogP contribution in [0.3, 0.4) is 0 Å². The first kappa shape index (κ1) is 16.0. The first-order valence-corrected chi connectivity index (χ1v) is 7.16. The number of rotatable bonds is 6. The first-order valence-electron chi connectivity index (χ1n) is 7.16. The summed E-state index contributed by atoms with van der Waals surface area (Å²) in [5.41, 5.74) is 1.18. The van der Waals surface area contributed by atoms with Gasteiger partial charge in [-0.2, -0.15) is 5.10 Å². The van der Waals surface area contributed by atoms with Crippen molar-refractivity contribution in [3.8, 4) is 11.4 Å². The Morgan fingerprint density at radius 2 is 2.23 bits per heavy atom. The smallest absolute Gasteiger partial charge is 0.251 e. The number of amides is 1. The van der Waals surface area contributed by atoms with Crippen LogP contribution in [0.1, 0.15) is 24.2 Å². The molecule has 0 spiro atoms. The number of aliphatic hydroxyl groups is 1. The molecule has 0 saturated heterocycles. The first-order chi connectivity index (χ1) is 10.6. The van der Waals surface area contributed by atoms with E-state index in [0.29, 0.717) is 17.0 Å². The van der Waals surface area contributed by atoms with Crippen LogP contribution in [0.2, 0.25) is 0 Å². The molecule has 0 saturated carbocycles. The van der Waals surface area contributed by atoms with Crippen molar-refractivity contribution in [1.29, 1.82) is 0 Å². The molecular formula is C16H21N3O3. The molecule has 2 rings (SSSR count). The molecule has 6 heteroatoms. The lowest BCUT2D eigenvalue weighted by atomic mass is 10.0. The van der Waals surface area contributed by atoms with Crippen LogP contribution in [0.25, 0.3) is 5.69 Å². The van der Waals surface area contributed by atoms with Crippen LogP contribution in [0.4, 0.5) is 0 Å². The van der Waals surface area contributed by atoms with Crippen LogP contribution >= 0.6 is 0 Å². The number of benzene rings is 1. The summed E-state index contributed by atoms with van der Waals surface area (Å²) < 4.78 is 6.95. The summed E-state index contributed by atoms with van der Waals surface area (Å²) in [6.07, 6.45) is 3.44. The highest BCUT2D eigenvalue weighted by atomic mass is 16.5. The second kappa shape index (κ2) is 7.09. The third-order valence-electron chi connectivity index (χ3n) is 3.51. The van der Waals surface area contributed by atoms with Gasteiger partial charge in [0.15, 0.2) is 0 Å². The number of aromatic nitrogens is 2. The number of nitrogens with one attached hydrogen (secondary N) is 1. The predicted octanol–water partition coefficient (Wildman–Crippen LogP) is 1.63. The van der Waals surface area contributed by atoms with E-state index in [4.69, 9.17) is 4.74 Å². The number of methoxy groups -OCH3 is 1. The molecule has 2 aromatic rings. The minimum atomic E-state index is -0.275. The maximum Gasteiger partial charge on any atom is 0.251 e. The van der Waals surface area contributed by atoms with Crippen molar-refractivity contribution in [2.24, 2.45) is 5.92 Å². The Morgan fingerprint density at radius 3 is 2.77 bits per heavy atom. The number of carbonyl (C=O) groups excluding carboxylic acids is 1. The minimum Gasteiger partial charge on any atom is -0.494 e. The van der Waals surface area contributed by atoms with Crippen molar-refractivity contribution in [3.05, 3.63) is 42.2 Å². The Hall–Kier alpha value is -2.34. The number of ether oxygens (including phenoxy) is 1. The summed E-state index contributed by atoms with van der Waals surface area (Å²) in [7, 11) is 1.57. The summed E-state index contributed by atoms with van der Waals surface area (Å²) in [5, 5.41) is 16.3. The molecule has 0 aliphatic carbocycles. The number of aliphatic hydroxyl groups excluding tert-OH is 1. The summed E-state index contributed by atoms with van der Waals surface area (Å²) in [5.74, 6) is 0.546. The molecule has 1 amide bonds. The number of hydrogen-bond acceptors (Lipinski definition) is 4. The topological polar surface area (TPSA) is 76.4 Å². The molecule has 6 nitrogen and oxygen atoms in total. The zero-order valence-electron chi connectivity index (χ0n) is 13.0. The van der Waals surface area contributed by atoms with E-state index in [-0.39, 0.29) is 24.5 Å². The molecule has 0 aliphatic heterocycles. The van der Waals surface area contributed by atoms with E-state index >= 15 is 0 Å². The normalized spacial score (nSPS) is 12.2. The minimum absolute atomic E-state index is 0.0917. The van der Waals surface area contributed by atoms with Gasteiger partial charge < -0.3 is 15.2 Å². The summed E-state index contributed by atoms with van der Waals surface area (Å²) in [4.78, 5) is 12.3. The van der Waals surface area contributed by atoms with Crippen molar-refractivity contribution in [1.82, 2.24) is 15.1 Å². The van der Waals surface area contributed by atoms with Crippen molar-refractivity contribution < 1.29 is 14.6 Å². The van der Waals surface area contributed by atoms with Crippen LogP contribution < -0.4 is 10.1 Å². The van der Waals surface area contributed by atoms with E-state index in [0.717, 1.165) is 0 Å². The molecule has 1 aromatic carbocycles. The van der Waals surface area contributed by atoms with E-state index in [1.54, 1.807) is 48.5 Å². The van der Waals surface area contributed by atoms with Gasteiger partial charge in [-0.15, -0.1) is 0 Å². The number of carbonyl (C=O) groups is 1. The number of nitrogens with zero attached hydrogens (tertiary/aromatic N) is 2. The molecule has 22 heavy (non-hydrogen) atoms. The van der Waals surface area contributed by atoms with E-state index < -0.39 is 0 Å². The van der Waals surface area contributed by atoms with E-state index in [2.05, 4.69) is 10.4 Å². The van der Waals surface area contributed by atoms with Gasteiger partial charge in [0.25, 0.3) is 5.91 Å². The molecule has 0 aliphatic rings. The Labute approximate surface area is 129 Å². The highest BCUT2D eigenvalue weighted by molar-refractivity contribution is 5.95. The molecule has 1 aromatic heterocycles. The lowest BCUT2D eigenvalue weighted by Gasteiger charge is -2.20. The van der Waals surface area contributed by atoms with E-state index in [1.807, 2.05) is 13.8 Å². The average Bonchev–Trinajstić information content (AvgIpc) is 3.05. The van der Waals surface area contributed by atoms with Gasteiger partial charge in [0.1, 0.15) is 11.4 Å². The molecule has 0 fully saturated rings. The van der Waals surface area contributed by atoms with Crippen molar-refractivity contribution in [3.63, 3.8) is 0 Å². The Bertz CT molecular complexity index is 624. The molecule has 118 valence electrons. The monoisotopic (exact) mass is 303 g/mol. The number of hydrogen-bond donors (Lipinski definition) is 2. The second-order valence-corrected chi connectivity index (χ2v) is 5.34. The Morgan fingerprint density at radius 1 is 1.45 bits per heavy atom. The van der Waals surface area contributed by atoms with Gasteiger partial charge in [-0.1, -0.05) is 13.8 Å². The molecule has 1 atom stereocenters. The fourth-order valence-corrected chi connectivity index (χ4v) is 2.10. The van der Waals surface area contributed by atoms with Gasteiger partial charge in [-0.05, 0) is 30.2 Å². The second-order valence-electron chi connectivity index (χ2n) is 5.34. The van der Waals surface area contributed by atoms with Gasteiger partial charge in [0.05, 0.1) is 19.8 Å². The Balaban J connectivity index is 2.29. The van der Waals surface area contributed by atoms with Crippen LogP contribution in [0.5, 0.6) is 5.75 Å². The third kappa shape index (κ3) is 3.46. The van der Waals surface area contributed by atoms with Gasteiger partial charge in [-0.25, -0.2) is 4.68 Å². The van der Waals surface area contributed by atoms with Crippen LogP contribution in [0, 0.1) is 5.92 Å². The van der Waals surface area contributed by atoms with Crippen molar-refractivity contribution >= 4 is 5.91 Å². The Kier molecular flexibility index (Phi) is 5.16. The van der Waals surface area contributed by atoms with E-state index in [1.165, 1.54) is 0 Å². The molecule has 2 N–H and O–H groups in total. The summed E-state index contributed by atoms with van der Waals surface area (Å²) in [6.45, 7) is 3.81. The highest BCUT2D eigenvalue weighted by Gasteiger charge is 2.17. The maximum atomic E-state index is 12.3. The molecule has 0 bridgehead atoms. The predicted molar refractivity (Wildman–Crippen MR) is 83.3 cm³/mol. The van der Waals surface area contributed by atoms with Crippen molar-refractivity contribution in [2.75, 3.05) is 13.7 Å². The van der Waals surface area contributed by atoms with E-state index in [9.17, 15) is 9.90 Å². The highest BCUT2D eigenvalue weighted by Crippen LogP contribution is 2.23. The molecule has 1 heterocycles. The lowest BCUT2D eigenvalue weighted by Crippen LogP contribution is -2.41. The zero-order chi connectivity index (χ0) is 16.1.